The van der Waals surface area contributed by atoms with Gasteiger partial charge in [-0.2, -0.15) is 0 Å². The summed E-state index contributed by atoms with van der Waals surface area (Å²) >= 11 is 0. The van der Waals surface area contributed by atoms with Crippen LogP contribution in [0.2, 0.25) is 0 Å². The Bertz CT molecular complexity index is 177. The van der Waals surface area contributed by atoms with Gasteiger partial charge in [0.25, 0.3) is 0 Å². The van der Waals surface area contributed by atoms with E-state index in [0.29, 0.717) is 0 Å². The second-order valence-corrected chi connectivity index (χ2v) is 2.53. The molecular formula is C7H12N2O2. The maximum atomic E-state index is 10.1. The Morgan fingerprint density at radius 2 is 2.45 bits per heavy atom. The number of hydrogen-bond acceptors (Lipinski definition) is 3. The molecule has 0 amide bonds. The van der Waals surface area contributed by atoms with Crippen LogP contribution < -0.4 is 5.32 Å². The molecule has 0 aromatic heterocycles. The van der Waals surface area contributed by atoms with Gasteiger partial charge in [-0.05, 0) is 12.8 Å². The van der Waals surface area contributed by atoms with E-state index in [0.717, 1.165) is 31.6 Å². The van der Waals surface area contributed by atoms with Gasteiger partial charge in [0, 0.05) is 13.0 Å². The minimum Gasteiger partial charge on any atom is -0.480 e. The van der Waals surface area contributed by atoms with Gasteiger partial charge in [-0.15, -0.1) is 0 Å². The Morgan fingerprint density at radius 1 is 1.64 bits per heavy atom. The molecular weight excluding hydrogens is 144 g/mol. The fraction of sp³-hybridized carbons (Fsp3) is 0.714. The number of aliphatic carboxylic acids is 1. The van der Waals surface area contributed by atoms with Gasteiger partial charge in [0.15, 0.2) is 0 Å². The summed E-state index contributed by atoms with van der Waals surface area (Å²) in [6.07, 6.45) is 3.14. The first-order chi connectivity index (χ1) is 5.29. The number of carboxylic acid groups (broad SMARTS) is 1. The molecule has 2 N–H and O–H groups in total. The van der Waals surface area contributed by atoms with Gasteiger partial charge in [-0.3, -0.25) is 9.79 Å². The van der Waals surface area contributed by atoms with Crippen LogP contribution >= 0.6 is 0 Å². The van der Waals surface area contributed by atoms with Crippen molar-refractivity contribution >= 4 is 11.8 Å². The first-order valence-corrected chi connectivity index (χ1v) is 3.78. The van der Waals surface area contributed by atoms with Crippen LogP contribution in [0.15, 0.2) is 4.99 Å². The first-order valence-electron chi connectivity index (χ1n) is 3.78. The standard InChI is InChI=1S/C7H12N2O2/c10-7(11)5-9-6-3-1-2-4-8-6/h1-5H2,(H,8,9)(H,10,11). The lowest BCUT2D eigenvalue weighted by Crippen LogP contribution is -2.30. The van der Waals surface area contributed by atoms with Gasteiger partial charge in [0.2, 0.25) is 0 Å². The first kappa shape index (κ1) is 8.04. The third-order valence-corrected chi connectivity index (χ3v) is 1.57. The molecule has 0 aliphatic carbocycles. The van der Waals surface area contributed by atoms with Crippen molar-refractivity contribution in [3.8, 4) is 0 Å². The molecule has 0 spiro atoms. The highest BCUT2D eigenvalue weighted by Crippen LogP contribution is 2.03. The van der Waals surface area contributed by atoms with E-state index in [-0.39, 0.29) is 6.54 Å². The predicted octanol–water partition coefficient (Wildman–Crippen LogP) is 0.243. The molecule has 4 nitrogen and oxygen atoms in total. The highest BCUT2D eigenvalue weighted by atomic mass is 16.4. The van der Waals surface area contributed by atoms with Crippen molar-refractivity contribution in [3.05, 3.63) is 0 Å². The maximum Gasteiger partial charge on any atom is 0.322 e. The molecule has 0 saturated carbocycles. The molecule has 0 unspecified atom stereocenters. The zero-order chi connectivity index (χ0) is 8.10. The lowest BCUT2D eigenvalue weighted by molar-refractivity contribution is -0.135. The van der Waals surface area contributed by atoms with Gasteiger partial charge < -0.3 is 10.4 Å². The Hall–Kier alpha value is -1.06. The number of carboxylic acids is 1. The molecule has 1 rings (SSSR count). The van der Waals surface area contributed by atoms with Crippen molar-refractivity contribution in [2.24, 2.45) is 4.99 Å². The minimum absolute atomic E-state index is 0.0150. The number of amidine groups is 1. The molecule has 0 bridgehead atoms. The molecule has 1 aliphatic heterocycles. The molecule has 0 saturated heterocycles. The summed E-state index contributed by atoms with van der Waals surface area (Å²) in [7, 11) is 0. The highest BCUT2D eigenvalue weighted by Gasteiger charge is 2.05. The SMILES string of the molecule is O=C(O)CNC1=NCCCC1. The lowest BCUT2D eigenvalue weighted by Gasteiger charge is -2.11. The average Bonchev–Trinajstić information content (AvgIpc) is 2.03. The molecule has 0 fully saturated rings. The predicted molar refractivity (Wildman–Crippen MR) is 41.8 cm³/mol. The summed E-state index contributed by atoms with van der Waals surface area (Å²) < 4.78 is 0. The van der Waals surface area contributed by atoms with Gasteiger partial charge in [-0.1, -0.05) is 0 Å². The normalized spacial score (nSPS) is 17.3. The van der Waals surface area contributed by atoms with E-state index in [2.05, 4.69) is 10.3 Å². The van der Waals surface area contributed by atoms with Gasteiger partial charge >= 0.3 is 5.97 Å². The van der Waals surface area contributed by atoms with E-state index in [4.69, 9.17) is 5.11 Å². The van der Waals surface area contributed by atoms with Crippen molar-refractivity contribution in [2.75, 3.05) is 13.1 Å². The van der Waals surface area contributed by atoms with E-state index in [1.54, 1.807) is 0 Å². The molecule has 4 heteroatoms. The second kappa shape index (κ2) is 3.95. The van der Waals surface area contributed by atoms with Gasteiger partial charge in [0.1, 0.15) is 6.54 Å². The zero-order valence-electron chi connectivity index (χ0n) is 6.34. The zero-order valence-corrected chi connectivity index (χ0v) is 6.34. The summed E-state index contributed by atoms with van der Waals surface area (Å²) in [6, 6.07) is 0. The number of rotatable bonds is 2. The Balaban J connectivity index is 2.24. The number of aliphatic imine (C=N–C) groups is 1. The molecule has 0 aromatic rings. The summed E-state index contributed by atoms with van der Waals surface area (Å²) in [4.78, 5) is 14.3. The Kier molecular flexibility index (Phi) is 2.89. The summed E-state index contributed by atoms with van der Waals surface area (Å²) in [5.74, 6) is 0.0110. The van der Waals surface area contributed by atoms with Crippen LogP contribution in [0.25, 0.3) is 0 Å². The van der Waals surface area contributed by atoms with Crippen LogP contribution in [-0.4, -0.2) is 30.0 Å². The minimum atomic E-state index is -0.835. The fourth-order valence-corrected chi connectivity index (χ4v) is 1.02. The smallest absolute Gasteiger partial charge is 0.322 e. The van der Waals surface area contributed by atoms with Crippen molar-refractivity contribution in [1.82, 2.24) is 5.32 Å². The van der Waals surface area contributed by atoms with Crippen LogP contribution in [-0.2, 0) is 4.79 Å². The van der Waals surface area contributed by atoms with Crippen LogP contribution in [0.5, 0.6) is 0 Å². The van der Waals surface area contributed by atoms with Crippen molar-refractivity contribution in [3.63, 3.8) is 0 Å². The van der Waals surface area contributed by atoms with E-state index in [9.17, 15) is 4.79 Å². The molecule has 0 aromatic carbocycles. The maximum absolute atomic E-state index is 10.1. The Morgan fingerprint density at radius 3 is 3.00 bits per heavy atom. The lowest BCUT2D eigenvalue weighted by atomic mass is 10.2. The summed E-state index contributed by atoms with van der Waals surface area (Å²) in [6.45, 7) is 0.820. The quantitative estimate of drug-likeness (QED) is 0.602. The third kappa shape index (κ3) is 3.02. The van der Waals surface area contributed by atoms with Crippen molar-refractivity contribution in [1.29, 1.82) is 0 Å². The van der Waals surface area contributed by atoms with E-state index < -0.39 is 5.97 Å². The molecule has 0 atom stereocenters. The number of carbonyl (C=O) groups is 1. The number of hydrogen-bond donors (Lipinski definition) is 2. The Labute approximate surface area is 65.3 Å². The number of nitrogens with zero attached hydrogens (tertiary/aromatic N) is 1. The molecule has 1 aliphatic rings. The third-order valence-electron chi connectivity index (χ3n) is 1.57. The largest absolute Gasteiger partial charge is 0.480 e. The van der Waals surface area contributed by atoms with Gasteiger partial charge in [-0.25, -0.2) is 0 Å². The topological polar surface area (TPSA) is 61.7 Å². The summed E-state index contributed by atoms with van der Waals surface area (Å²) in [5, 5.41) is 11.1. The van der Waals surface area contributed by atoms with Crippen LogP contribution in [0.4, 0.5) is 0 Å². The second-order valence-electron chi connectivity index (χ2n) is 2.53. The van der Waals surface area contributed by atoms with E-state index in [1.165, 1.54) is 0 Å². The van der Waals surface area contributed by atoms with E-state index >= 15 is 0 Å². The molecule has 62 valence electrons. The van der Waals surface area contributed by atoms with Crippen LogP contribution in [0, 0.1) is 0 Å². The number of nitrogens with one attached hydrogen (secondary N) is 1. The molecule has 11 heavy (non-hydrogen) atoms. The van der Waals surface area contributed by atoms with Crippen molar-refractivity contribution in [2.45, 2.75) is 19.3 Å². The van der Waals surface area contributed by atoms with Crippen molar-refractivity contribution < 1.29 is 9.90 Å². The molecule has 1 heterocycles. The highest BCUT2D eigenvalue weighted by molar-refractivity contribution is 5.85. The molecule has 0 radical (unpaired) electrons. The van der Waals surface area contributed by atoms with Crippen LogP contribution in [0.3, 0.4) is 0 Å². The van der Waals surface area contributed by atoms with Crippen LogP contribution in [0.1, 0.15) is 19.3 Å². The monoisotopic (exact) mass is 156 g/mol. The van der Waals surface area contributed by atoms with Gasteiger partial charge in [0.05, 0.1) is 5.84 Å². The average molecular weight is 156 g/mol. The van der Waals surface area contributed by atoms with E-state index in [1.807, 2.05) is 0 Å². The summed E-state index contributed by atoms with van der Waals surface area (Å²) in [5.41, 5.74) is 0. The fourth-order valence-electron chi connectivity index (χ4n) is 1.02.